The first kappa shape index (κ1) is 18.1. The molecule has 0 amide bonds. The molecule has 0 unspecified atom stereocenters. The van der Waals surface area contributed by atoms with Crippen LogP contribution in [0.5, 0.6) is 0 Å². The van der Waals surface area contributed by atoms with Crippen LogP contribution in [0.4, 0.5) is 0 Å². The first-order chi connectivity index (χ1) is 12.6. The predicted molar refractivity (Wildman–Crippen MR) is 105 cm³/mol. The van der Waals surface area contributed by atoms with Gasteiger partial charge in [-0.15, -0.1) is 11.8 Å². The van der Waals surface area contributed by atoms with Crippen LogP contribution < -0.4 is 0 Å². The van der Waals surface area contributed by atoms with E-state index in [1.165, 1.54) is 17.3 Å². The van der Waals surface area contributed by atoms with E-state index >= 15 is 0 Å². The molecule has 0 bridgehead atoms. The monoisotopic (exact) mass is 364 g/mol. The topological polar surface area (TPSA) is 63.1 Å². The van der Waals surface area contributed by atoms with Gasteiger partial charge in [-0.1, -0.05) is 60.7 Å². The lowest BCUT2D eigenvalue weighted by Gasteiger charge is -2.10. The molecular weight excluding hydrogens is 344 g/mol. The van der Waals surface area contributed by atoms with E-state index in [1.54, 1.807) is 6.92 Å². The average Bonchev–Trinajstić information content (AvgIpc) is 2.66. The van der Waals surface area contributed by atoms with Gasteiger partial charge >= 0.3 is 5.97 Å². The van der Waals surface area contributed by atoms with E-state index in [1.807, 2.05) is 48.5 Å². The van der Waals surface area contributed by atoms with Crippen molar-refractivity contribution in [2.75, 3.05) is 5.75 Å². The van der Waals surface area contributed by atoms with Crippen LogP contribution in [0, 0.1) is 6.92 Å². The number of thioether (sulfide) groups is 1. The second-order valence-electron chi connectivity index (χ2n) is 5.92. The number of rotatable bonds is 7. The fourth-order valence-electron chi connectivity index (χ4n) is 2.70. The second kappa shape index (κ2) is 8.63. The van der Waals surface area contributed by atoms with Gasteiger partial charge in [0.15, 0.2) is 5.82 Å². The Morgan fingerprint density at radius 2 is 1.65 bits per heavy atom. The molecule has 0 fully saturated rings. The number of carboxylic acid groups (broad SMARTS) is 1. The summed E-state index contributed by atoms with van der Waals surface area (Å²) in [5.74, 6) is 0.395. The summed E-state index contributed by atoms with van der Waals surface area (Å²) in [6, 6.07) is 19.9. The number of hydrogen-bond acceptors (Lipinski definition) is 4. The summed E-state index contributed by atoms with van der Waals surface area (Å²) in [5.41, 5.74) is 2.88. The summed E-state index contributed by atoms with van der Waals surface area (Å²) in [7, 11) is 0. The Kier molecular flexibility index (Phi) is 6.02. The maximum atomic E-state index is 11.7. The van der Waals surface area contributed by atoms with E-state index in [0.29, 0.717) is 16.5 Å². The molecule has 0 aliphatic rings. The van der Waals surface area contributed by atoms with E-state index < -0.39 is 5.97 Å². The third kappa shape index (κ3) is 4.49. The minimum Gasteiger partial charge on any atom is -0.478 e. The summed E-state index contributed by atoms with van der Waals surface area (Å²) in [6.45, 7) is 1.73. The van der Waals surface area contributed by atoms with Gasteiger partial charge in [-0.05, 0) is 31.1 Å². The lowest BCUT2D eigenvalue weighted by Crippen LogP contribution is -2.08. The van der Waals surface area contributed by atoms with E-state index in [4.69, 9.17) is 0 Å². The molecule has 26 heavy (non-hydrogen) atoms. The summed E-state index contributed by atoms with van der Waals surface area (Å²) < 4.78 is 0. The zero-order chi connectivity index (χ0) is 18.4. The summed E-state index contributed by atoms with van der Waals surface area (Å²) >= 11 is 1.49. The van der Waals surface area contributed by atoms with E-state index in [9.17, 15) is 9.90 Å². The molecule has 1 heterocycles. The van der Waals surface area contributed by atoms with Crippen LogP contribution in [0.2, 0.25) is 0 Å². The highest BCUT2D eigenvalue weighted by atomic mass is 32.2. The highest BCUT2D eigenvalue weighted by Crippen LogP contribution is 2.27. The Labute approximate surface area is 157 Å². The zero-order valence-electron chi connectivity index (χ0n) is 14.6. The molecule has 0 atom stereocenters. The van der Waals surface area contributed by atoms with Gasteiger partial charge in [0.25, 0.3) is 0 Å². The number of nitrogens with zero attached hydrogens (tertiary/aromatic N) is 2. The van der Waals surface area contributed by atoms with Gasteiger partial charge < -0.3 is 5.11 Å². The molecule has 132 valence electrons. The Bertz CT molecular complexity index is 883. The van der Waals surface area contributed by atoms with E-state index in [0.717, 1.165) is 24.2 Å². The average molecular weight is 364 g/mol. The minimum atomic E-state index is -0.979. The molecule has 0 aliphatic carbocycles. The fraction of sp³-hybridized carbons (Fsp3) is 0.190. The summed E-state index contributed by atoms with van der Waals surface area (Å²) in [6.07, 6.45) is 1.92. The molecule has 0 saturated carbocycles. The van der Waals surface area contributed by atoms with Gasteiger partial charge in [-0.3, -0.25) is 0 Å². The number of aryl methyl sites for hydroxylation is 2. The fourth-order valence-corrected chi connectivity index (χ4v) is 3.72. The van der Waals surface area contributed by atoms with Crippen LogP contribution in [0.15, 0.2) is 65.7 Å². The summed E-state index contributed by atoms with van der Waals surface area (Å²) in [4.78, 5) is 20.6. The Morgan fingerprint density at radius 1 is 1.00 bits per heavy atom. The second-order valence-corrected chi connectivity index (χ2v) is 7.01. The smallest absolute Gasteiger partial charge is 0.340 e. The van der Waals surface area contributed by atoms with E-state index in [2.05, 4.69) is 22.1 Å². The molecule has 4 nitrogen and oxygen atoms in total. The summed E-state index contributed by atoms with van der Waals surface area (Å²) in [5, 5.41) is 10.1. The van der Waals surface area contributed by atoms with Crippen LogP contribution in [-0.4, -0.2) is 26.8 Å². The van der Waals surface area contributed by atoms with Crippen molar-refractivity contribution in [2.45, 2.75) is 24.8 Å². The zero-order valence-corrected chi connectivity index (χ0v) is 15.4. The van der Waals surface area contributed by atoms with Crippen LogP contribution in [0.3, 0.4) is 0 Å². The Balaban J connectivity index is 1.77. The number of carboxylic acids is 1. The molecule has 0 saturated heterocycles. The minimum absolute atomic E-state index is 0.203. The lowest BCUT2D eigenvalue weighted by molar-refractivity contribution is 0.0691. The highest BCUT2D eigenvalue weighted by Gasteiger charge is 2.18. The van der Waals surface area contributed by atoms with Gasteiger partial charge in [0.2, 0.25) is 0 Å². The van der Waals surface area contributed by atoms with Crippen LogP contribution in [-0.2, 0) is 6.42 Å². The molecule has 0 radical (unpaired) electrons. The Hall–Kier alpha value is -2.66. The Morgan fingerprint density at radius 3 is 2.31 bits per heavy atom. The third-order valence-corrected chi connectivity index (χ3v) is 5.06. The lowest BCUT2D eigenvalue weighted by atomic mass is 10.1. The first-order valence-electron chi connectivity index (χ1n) is 8.49. The predicted octanol–water partition coefficient (Wildman–Crippen LogP) is 4.88. The highest BCUT2D eigenvalue weighted by molar-refractivity contribution is 7.99. The van der Waals surface area contributed by atoms with E-state index in [-0.39, 0.29) is 5.56 Å². The van der Waals surface area contributed by atoms with Gasteiger partial charge in [0.1, 0.15) is 10.6 Å². The number of carbonyl (C=O) groups is 1. The molecule has 1 N–H and O–H groups in total. The number of aromatic carboxylic acids is 1. The normalized spacial score (nSPS) is 10.7. The van der Waals surface area contributed by atoms with Crippen molar-refractivity contribution in [1.29, 1.82) is 0 Å². The number of benzene rings is 2. The maximum Gasteiger partial charge on any atom is 0.340 e. The van der Waals surface area contributed by atoms with Gasteiger partial charge in [-0.2, -0.15) is 0 Å². The van der Waals surface area contributed by atoms with Crippen molar-refractivity contribution >= 4 is 17.7 Å². The van der Waals surface area contributed by atoms with Crippen molar-refractivity contribution in [3.63, 3.8) is 0 Å². The molecule has 2 aromatic carbocycles. The van der Waals surface area contributed by atoms with Crippen molar-refractivity contribution in [3.05, 3.63) is 77.5 Å². The third-order valence-electron chi connectivity index (χ3n) is 3.99. The molecular formula is C21H20N2O2S. The molecule has 3 rings (SSSR count). The standard InChI is InChI=1S/C21H20N2O2S/c1-15-18(21(24)25)20(23-19(22-15)17-12-6-3-7-13-17)26-14-8-11-16-9-4-2-5-10-16/h2-7,9-10,12-13H,8,11,14H2,1H3,(H,24,25). The molecule has 5 heteroatoms. The van der Waals surface area contributed by atoms with Crippen LogP contribution in [0.1, 0.15) is 28.0 Å². The van der Waals surface area contributed by atoms with Crippen molar-refractivity contribution in [1.82, 2.24) is 9.97 Å². The van der Waals surface area contributed by atoms with Crippen LogP contribution >= 0.6 is 11.8 Å². The quantitative estimate of drug-likeness (QED) is 0.368. The molecule has 3 aromatic rings. The van der Waals surface area contributed by atoms with Gasteiger partial charge in [-0.25, -0.2) is 14.8 Å². The van der Waals surface area contributed by atoms with Gasteiger partial charge in [0, 0.05) is 5.56 Å². The van der Waals surface area contributed by atoms with Crippen molar-refractivity contribution in [2.24, 2.45) is 0 Å². The maximum absolute atomic E-state index is 11.7. The number of hydrogen-bond donors (Lipinski definition) is 1. The van der Waals surface area contributed by atoms with Crippen molar-refractivity contribution < 1.29 is 9.90 Å². The molecule has 0 spiro atoms. The van der Waals surface area contributed by atoms with Gasteiger partial charge in [0.05, 0.1) is 5.69 Å². The number of aromatic nitrogens is 2. The molecule has 1 aromatic heterocycles. The van der Waals surface area contributed by atoms with Crippen LogP contribution in [0.25, 0.3) is 11.4 Å². The SMILES string of the molecule is Cc1nc(-c2ccccc2)nc(SCCCc2ccccc2)c1C(=O)O. The van der Waals surface area contributed by atoms with Crippen molar-refractivity contribution in [3.8, 4) is 11.4 Å². The molecule has 0 aliphatic heterocycles. The largest absolute Gasteiger partial charge is 0.478 e. The first-order valence-corrected chi connectivity index (χ1v) is 9.48.